The first kappa shape index (κ1) is 23.0. The Hall–Kier alpha value is -0.0200. The maximum absolute atomic E-state index is 11.6. The van der Waals surface area contributed by atoms with Crippen LogP contribution >= 0.6 is 0 Å². The van der Waals surface area contributed by atoms with Crippen LogP contribution in [0.4, 0.5) is 0 Å². The predicted octanol–water partition coefficient (Wildman–Crippen LogP) is -1.31. The van der Waals surface area contributed by atoms with Crippen LogP contribution in [0.25, 0.3) is 0 Å². The topological polar surface area (TPSA) is 75.7 Å². The smallest absolute Gasteiger partial charge is 0.709 e. The summed E-state index contributed by atoms with van der Waals surface area (Å²) in [5, 5.41) is 10.3. The molecule has 0 spiro atoms. The summed E-state index contributed by atoms with van der Waals surface area (Å²) in [5.41, 5.74) is 1.73. The van der Waals surface area contributed by atoms with Gasteiger partial charge < -0.3 is 14.3 Å². The van der Waals surface area contributed by atoms with Crippen molar-refractivity contribution in [3.05, 3.63) is 35.4 Å². The fourth-order valence-corrected chi connectivity index (χ4v) is 3.34. The molecule has 0 fully saturated rings. The molecule has 0 N–H and O–H groups in total. The average molecular weight is 368 g/mol. The van der Waals surface area contributed by atoms with E-state index >= 15 is 0 Å². The Bertz CT molecular complexity index is 601. The molecule has 0 aliphatic heterocycles. The summed E-state index contributed by atoms with van der Waals surface area (Å²) >= 11 is 4.57. The van der Waals surface area contributed by atoms with Gasteiger partial charge >= 0.3 is 35.5 Å². The Morgan fingerprint density at radius 1 is 1.26 bits per heavy atom. The molecule has 0 amide bonds. The summed E-state index contributed by atoms with van der Waals surface area (Å²) in [5.74, 6) is -0.276. The molecule has 1 aromatic carbocycles. The van der Waals surface area contributed by atoms with Gasteiger partial charge in [-0.05, 0) is 23.0 Å². The van der Waals surface area contributed by atoms with Crippen LogP contribution in [-0.4, -0.2) is 17.3 Å². The molecule has 0 aliphatic carbocycles. The van der Waals surface area contributed by atoms with Gasteiger partial charge in [0, 0.05) is 11.2 Å². The van der Waals surface area contributed by atoms with E-state index in [-0.39, 0.29) is 59.0 Å². The number of hydrogen-bond acceptors (Lipinski definition) is 6. The third-order valence-corrected chi connectivity index (χ3v) is 5.52. The molecule has 1 aromatic rings. The van der Waals surface area contributed by atoms with Crippen molar-refractivity contribution in [3.63, 3.8) is 0 Å². The molecule has 0 bridgehead atoms. The van der Waals surface area contributed by atoms with Gasteiger partial charge in [0.1, 0.15) is 8.77 Å². The van der Waals surface area contributed by atoms with E-state index in [1.165, 1.54) is 7.11 Å². The van der Waals surface area contributed by atoms with Gasteiger partial charge in [0.25, 0.3) is 0 Å². The quantitative estimate of drug-likeness (QED) is 0.258. The van der Waals surface area contributed by atoms with Crippen molar-refractivity contribution in [3.8, 4) is 0 Å². The van der Waals surface area contributed by atoms with Gasteiger partial charge in [-0.2, -0.15) is 0 Å². The average Bonchev–Trinajstić information content (AvgIpc) is 2.52. The maximum Gasteiger partial charge on any atom is 1.00 e. The number of benzene rings is 1. The summed E-state index contributed by atoms with van der Waals surface area (Å²) in [6.45, 7) is 5.89. The molecule has 4 atom stereocenters. The fraction of sp³-hybridized carbons (Fsp3) is 0.533. The molecular formula is C15H21NaO5S2. The molecule has 8 heteroatoms. The van der Waals surface area contributed by atoms with Crippen LogP contribution in [0.3, 0.4) is 0 Å². The normalized spacial score (nSPS) is 17.3. The van der Waals surface area contributed by atoms with Gasteiger partial charge in [-0.15, -0.1) is 0 Å². The SMILES string of the molecule is COC(=O)C(C)C(C)C(C)c1ccc(CS(=O)(=S)O[O-])cc1.[Na+]. The van der Waals surface area contributed by atoms with Crippen molar-refractivity contribution in [2.24, 2.45) is 11.8 Å². The van der Waals surface area contributed by atoms with Crippen LogP contribution < -0.4 is 34.8 Å². The first-order chi connectivity index (χ1) is 10.2. The number of methoxy groups -OCH3 is 1. The molecule has 5 nitrogen and oxygen atoms in total. The standard InChI is InChI=1S/C15H22O5S2.Na/c1-10(12(3)15(16)19-4)11(2)14-7-5-13(6-8-14)9-22(18,21)20-17;/h5-8,10-12,17H,9H2,1-4H3;/q;+1/p-1. The fourth-order valence-electron chi connectivity index (χ4n) is 2.28. The van der Waals surface area contributed by atoms with Crippen molar-refractivity contribution in [2.45, 2.75) is 32.4 Å². The van der Waals surface area contributed by atoms with E-state index in [9.17, 15) is 14.3 Å². The maximum atomic E-state index is 11.6. The Balaban J connectivity index is 0.00000484. The van der Waals surface area contributed by atoms with Crippen molar-refractivity contribution in [1.82, 2.24) is 0 Å². The molecule has 0 radical (unpaired) electrons. The summed E-state index contributed by atoms with van der Waals surface area (Å²) < 4.78 is 19.8. The molecule has 4 unspecified atom stereocenters. The Labute approximate surface area is 164 Å². The first-order valence-electron chi connectivity index (χ1n) is 6.92. The second-order valence-electron chi connectivity index (χ2n) is 5.47. The Morgan fingerprint density at radius 2 is 1.78 bits per heavy atom. The number of rotatable bonds is 7. The summed E-state index contributed by atoms with van der Waals surface area (Å²) in [4.78, 5) is 11.6. The minimum absolute atomic E-state index is 0. The second kappa shape index (κ2) is 10.1. The summed E-state index contributed by atoms with van der Waals surface area (Å²) in [7, 11) is -1.85. The van der Waals surface area contributed by atoms with Crippen molar-refractivity contribution in [2.75, 3.05) is 7.11 Å². The molecule has 0 aromatic heterocycles. The Morgan fingerprint density at radius 3 is 2.22 bits per heavy atom. The van der Waals surface area contributed by atoms with Gasteiger partial charge in [0.2, 0.25) is 0 Å². The molecule has 0 saturated carbocycles. The minimum Gasteiger partial charge on any atom is -0.709 e. The molecular weight excluding hydrogens is 347 g/mol. The van der Waals surface area contributed by atoms with Gasteiger partial charge in [-0.3, -0.25) is 4.79 Å². The molecule has 124 valence electrons. The third-order valence-electron chi connectivity index (χ3n) is 4.10. The van der Waals surface area contributed by atoms with Crippen LogP contribution in [0, 0.1) is 11.8 Å². The van der Waals surface area contributed by atoms with E-state index in [2.05, 4.69) is 15.5 Å². The molecule has 0 aliphatic rings. The van der Waals surface area contributed by atoms with Gasteiger partial charge in [-0.1, -0.05) is 45.0 Å². The summed E-state index contributed by atoms with van der Waals surface area (Å²) in [6, 6.07) is 7.31. The monoisotopic (exact) mass is 368 g/mol. The van der Waals surface area contributed by atoms with Crippen LogP contribution in [-0.2, 0) is 39.6 Å². The number of hydrogen-bond donors (Lipinski definition) is 0. The van der Waals surface area contributed by atoms with Crippen LogP contribution in [0.5, 0.6) is 0 Å². The van der Waals surface area contributed by atoms with Gasteiger partial charge in [-0.25, -0.2) is 4.21 Å². The van der Waals surface area contributed by atoms with Crippen LogP contribution in [0.1, 0.15) is 37.8 Å². The molecule has 1 rings (SSSR count). The van der Waals surface area contributed by atoms with Gasteiger partial charge in [0.05, 0.1) is 18.8 Å². The minimum atomic E-state index is -3.23. The van der Waals surface area contributed by atoms with Crippen molar-refractivity contribution >= 4 is 25.9 Å². The van der Waals surface area contributed by atoms with Crippen molar-refractivity contribution < 1.29 is 52.9 Å². The predicted molar refractivity (Wildman–Crippen MR) is 85.5 cm³/mol. The zero-order valence-electron chi connectivity index (χ0n) is 14.1. The summed E-state index contributed by atoms with van der Waals surface area (Å²) in [6.07, 6.45) is 0. The zero-order chi connectivity index (χ0) is 16.9. The molecule has 23 heavy (non-hydrogen) atoms. The van der Waals surface area contributed by atoms with Crippen LogP contribution in [0.15, 0.2) is 24.3 Å². The van der Waals surface area contributed by atoms with Crippen LogP contribution in [0.2, 0.25) is 0 Å². The van der Waals surface area contributed by atoms with E-state index in [0.717, 1.165) is 5.56 Å². The molecule has 0 saturated heterocycles. The molecule has 0 heterocycles. The van der Waals surface area contributed by atoms with E-state index in [0.29, 0.717) is 5.56 Å². The third kappa shape index (κ3) is 6.78. The first-order valence-corrected chi connectivity index (χ1v) is 9.50. The van der Waals surface area contributed by atoms with E-state index in [1.807, 2.05) is 32.9 Å². The van der Waals surface area contributed by atoms with Crippen molar-refractivity contribution in [1.29, 1.82) is 0 Å². The number of ether oxygens (including phenoxy) is 1. The number of carbonyl (C=O) groups is 1. The van der Waals surface area contributed by atoms with E-state index in [1.54, 1.807) is 12.1 Å². The Kier molecular flexibility index (Phi) is 10.1. The second-order valence-corrected chi connectivity index (χ2v) is 8.53. The van der Waals surface area contributed by atoms with E-state index < -0.39 is 8.77 Å². The number of carbonyl (C=O) groups excluding carboxylic acids is 1. The largest absolute Gasteiger partial charge is 1.00 e. The van der Waals surface area contributed by atoms with E-state index in [4.69, 9.17) is 4.74 Å². The zero-order valence-corrected chi connectivity index (χ0v) is 17.7. The number of esters is 1. The van der Waals surface area contributed by atoms with Gasteiger partial charge in [0.15, 0.2) is 0 Å².